The molecule has 0 fully saturated rings. The number of hydrogen-bond acceptors (Lipinski definition) is 3. The number of aryl methyl sites for hydroxylation is 1. The van der Waals surface area contributed by atoms with E-state index >= 15 is 0 Å². The standard InChI is InChI=1S/C16H22N2S/c1-4-8-13-15(16(2,3)17)19-14(18-13)11-12-9-6-5-7-10-12/h5-7,9-10H,4,8,11,17H2,1-3H3. The van der Waals surface area contributed by atoms with Gasteiger partial charge in [0, 0.05) is 16.8 Å². The van der Waals surface area contributed by atoms with Gasteiger partial charge in [-0.3, -0.25) is 0 Å². The Morgan fingerprint density at radius 3 is 2.47 bits per heavy atom. The fourth-order valence-electron chi connectivity index (χ4n) is 2.16. The highest BCUT2D eigenvalue weighted by Gasteiger charge is 2.22. The lowest BCUT2D eigenvalue weighted by molar-refractivity contribution is 0.557. The number of nitrogens with zero attached hydrogens (tertiary/aromatic N) is 1. The molecule has 0 unspecified atom stereocenters. The molecule has 0 amide bonds. The maximum Gasteiger partial charge on any atom is 0.0975 e. The molecular weight excluding hydrogens is 252 g/mol. The van der Waals surface area contributed by atoms with Crippen molar-refractivity contribution in [2.45, 2.75) is 45.6 Å². The molecule has 0 aliphatic rings. The third kappa shape index (κ3) is 3.64. The van der Waals surface area contributed by atoms with Gasteiger partial charge in [-0.1, -0.05) is 43.7 Å². The summed E-state index contributed by atoms with van der Waals surface area (Å²) in [7, 11) is 0. The van der Waals surface area contributed by atoms with Gasteiger partial charge in [0.25, 0.3) is 0 Å². The lowest BCUT2D eigenvalue weighted by Crippen LogP contribution is -2.28. The smallest absolute Gasteiger partial charge is 0.0975 e. The summed E-state index contributed by atoms with van der Waals surface area (Å²) in [5.41, 5.74) is 8.46. The average Bonchev–Trinajstić information content (AvgIpc) is 2.74. The maximum absolute atomic E-state index is 6.26. The Hall–Kier alpha value is -1.19. The molecule has 2 nitrogen and oxygen atoms in total. The van der Waals surface area contributed by atoms with Crippen LogP contribution in [0.5, 0.6) is 0 Å². The van der Waals surface area contributed by atoms with E-state index in [-0.39, 0.29) is 5.54 Å². The first-order valence-electron chi connectivity index (χ1n) is 6.82. The topological polar surface area (TPSA) is 38.9 Å². The Balaban J connectivity index is 2.27. The van der Waals surface area contributed by atoms with Crippen LogP contribution in [0.4, 0.5) is 0 Å². The van der Waals surface area contributed by atoms with Crippen LogP contribution < -0.4 is 5.73 Å². The molecule has 1 aromatic carbocycles. The molecule has 0 spiro atoms. The highest BCUT2D eigenvalue weighted by Crippen LogP contribution is 2.30. The zero-order valence-electron chi connectivity index (χ0n) is 11.9. The van der Waals surface area contributed by atoms with Crippen molar-refractivity contribution >= 4 is 11.3 Å². The van der Waals surface area contributed by atoms with Gasteiger partial charge in [0.1, 0.15) is 0 Å². The Labute approximate surface area is 119 Å². The number of nitrogens with two attached hydrogens (primary N) is 1. The lowest BCUT2D eigenvalue weighted by atomic mass is 10.0. The third-order valence-corrected chi connectivity index (χ3v) is 4.45. The molecule has 1 heterocycles. The summed E-state index contributed by atoms with van der Waals surface area (Å²) in [5.74, 6) is 0. The minimum atomic E-state index is -0.295. The van der Waals surface area contributed by atoms with Gasteiger partial charge >= 0.3 is 0 Å². The third-order valence-electron chi connectivity index (χ3n) is 3.01. The van der Waals surface area contributed by atoms with E-state index in [1.165, 1.54) is 21.1 Å². The van der Waals surface area contributed by atoms with Crippen LogP contribution in [0, 0.1) is 0 Å². The molecule has 0 radical (unpaired) electrons. The van der Waals surface area contributed by atoms with Crippen LogP contribution in [0.25, 0.3) is 0 Å². The molecule has 102 valence electrons. The zero-order chi connectivity index (χ0) is 13.9. The molecule has 0 aliphatic heterocycles. The van der Waals surface area contributed by atoms with Crippen molar-refractivity contribution in [3.05, 3.63) is 51.5 Å². The Morgan fingerprint density at radius 1 is 1.21 bits per heavy atom. The van der Waals surface area contributed by atoms with E-state index in [0.717, 1.165) is 19.3 Å². The fraction of sp³-hybridized carbons (Fsp3) is 0.438. The minimum Gasteiger partial charge on any atom is -0.321 e. The van der Waals surface area contributed by atoms with Gasteiger partial charge in [-0.25, -0.2) is 4.98 Å². The van der Waals surface area contributed by atoms with Crippen molar-refractivity contribution in [2.75, 3.05) is 0 Å². The molecule has 0 bridgehead atoms. The van der Waals surface area contributed by atoms with Crippen molar-refractivity contribution in [1.82, 2.24) is 4.98 Å². The molecule has 2 rings (SSSR count). The molecule has 3 heteroatoms. The number of benzene rings is 1. The quantitative estimate of drug-likeness (QED) is 0.898. The molecule has 2 aromatic rings. The van der Waals surface area contributed by atoms with Crippen LogP contribution in [-0.4, -0.2) is 4.98 Å². The summed E-state index contributed by atoms with van der Waals surface area (Å²) < 4.78 is 0. The Morgan fingerprint density at radius 2 is 1.89 bits per heavy atom. The summed E-state index contributed by atoms with van der Waals surface area (Å²) >= 11 is 1.77. The van der Waals surface area contributed by atoms with Crippen molar-refractivity contribution in [3.8, 4) is 0 Å². The van der Waals surface area contributed by atoms with Crippen LogP contribution in [0.15, 0.2) is 30.3 Å². The predicted octanol–water partition coefficient (Wildman–Crippen LogP) is 3.88. The van der Waals surface area contributed by atoms with Gasteiger partial charge in [0.15, 0.2) is 0 Å². The summed E-state index contributed by atoms with van der Waals surface area (Å²) in [4.78, 5) is 6.04. The van der Waals surface area contributed by atoms with E-state index in [9.17, 15) is 0 Å². The lowest BCUT2D eigenvalue weighted by Gasteiger charge is -2.17. The van der Waals surface area contributed by atoms with Crippen LogP contribution in [-0.2, 0) is 18.4 Å². The zero-order valence-corrected chi connectivity index (χ0v) is 12.8. The van der Waals surface area contributed by atoms with E-state index in [4.69, 9.17) is 10.7 Å². The molecule has 0 saturated heterocycles. The first kappa shape index (κ1) is 14.2. The number of rotatable bonds is 5. The maximum atomic E-state index is 6.26. The van der Waals surface area contributed by atoms with Gasteiger partial charge in [-0.05, 0) is 25.8 Å². The first-order valence-corrected chi connectivity index (χ1v) is 7.64. The van der Waals surface area contributed by atoms with Crippen LogP contribution in [0.2, 0.25) is 0 Å². The molecule has 0 saturated carbocycles. The minimum absolute atomic E-state index is 0.295. The predicted molar refractivity (Wildman–Crippen MR) is 82.6 cm³/mol. The van der Waals surface area contributed by atoms with Crippen LogP contribution >= 0.6 is 11.3 Å². The van der Waals surface area contributed by atoms with Gasteiger partial charge < -0.3 is 5.73 Å². The van der Waals surface area contributed by atoms with Crippen molar-refractivity contribution in [1.29, 1.82) is 0 Å². The van der Waals surface area contributed by atoms with Gasteiger partial charge in [-0.2, -0.15) is 0 Å². The average molecular weight is 274 g/mol. The van der Waals surface area contributed by atoms with Crippen molar-refractivity contribution in [3.63, 3.8) is 0 Å². The second kappa shape index (κ2) is 5.85. The summed E-state index contributed by atoms with van der Waals surface area (Å²) in [5, 5.41) is 1.17. The van der Waals surface area contributed by atoms with E-state index < -0.39 is 0 Å². The summed E-state index contributed by atoms with van der Waals surface area (Å²) in [6.07, 6.45) is 3.02. The van der Waals surface area contributed by atoms with Crippen LogP contribution in [0.1, 0.15) is 48.3 Å². The molecule has 19 heavy (non-hydrogen) atoms. The molecular formula is C16H22N2S. The molecule has 2 N–H and O–H groups in total. The van der Waals surface area contributed by atoms with Crippen LogP contribution in [0.3, 0.4) is 0 Å². The normalized spacial score (nSPS) is 11.8. The molecule has 0 atom stereocenters. The number of hydrogen-bond donors (Lipinski definition) is 1. The fourth-order valence-corrected chi connectivity index (χ4v) is 3.32. The van der Waals surface area contributed by atoms with Gasteiger partial charge in [-0.15, -0.1) is 11.3 Å². The van der Waals surface area contributed by atoms with E-state index in [2.05, 4.69) is 45.0 Å². The highest BCUT2D eigenvalue weighted by atomic mass is 32.1. The van der Waals surface area contributed by atoms with E-state index in [1.807, 2.05) is 6.07 Å². The molecule has 1 aromatic heterocycles. The first-order chi connectivity index (χ1) is 9.00. The van der Waals surface area contributed by atoms with E-state index in [0.29, 0.717) is 0 Å². The van der Waals surface area contributed by atoms with E-state index in [1.54, 1.807) is 11.3 Å². The Bertz CT molecular complexity index is 523. The van der Waals surface area contributed by atoms with Gasteiger partial charge in [0.2, 0.25) is 0 Å². The second-order valence-electron chi connectivity index (χ2n) is 5.52. The Kier molecular flexibility index (Phi) is 4.38. The summed E-state index contributed by atoms with van der Waals surface area (Å²) in [6, 6.07) is 10.5. The van der Waals surface area contributed by atoms with Gasteiger partial charge in [0.05, 0.1) is 10.7 Å². The second-order valence-corrected chi connectivity index (χ2v) is 6.60. The summed E-state index contributed by atoms with van der Waals surface area (Å²) in [6.45, 7) is 6.31. The monoisotopic (exact) mass is 274 g/mol. The van der Waals surface area contributed by atoms with Crippen molar-refractivity contribution < 1.29 is 0 Å². The van der Waals surface area contributed by atoms with Crippen molar-refractivity contribution in [2.24, 2.45) is 5.73 Å². The number of thiazole rings is 1. The SMILES string of the molecule is CCCc1nc(Cc2ccccc2)sc1C(C)(C)N. The highest BCUT2D eigenvalue weighted by molar-refractivity contribution is 7.11. The molecule has 0 aliphatic carbocycles. The largest absolute Gasteiger partial charge is 0.321 e. The number of aromatic nitrogens is 1.